The highest BCUT2D eigenvalue weighted by atomic mass is 35.5. The molecule has 0 unspecified atom stereocenters. The molecule has 6 heteroatoms. The zero-order valence-electron chi connectivity index (χ0n) is 15.7. The third-order valence-electron chi connectivity index (χ3n) is 5.35. The molecular formula is C23H18ClFN2O2. The second-order valence-corrected chi connectivity index (χ2v) is 7.49. The minimum Gasteiger partial charge on any atom is -0.497 e. The standard InChI is InChI=1S/C23H18ClFN2O2/c1-28-16-9-6-14(7-10-16)20-13-21-18-12-15(24)8-11-22(18)29-23(27(21)26-20)17-4-2-3-5-19(17)25/h2-12,21,23H,13H2,1H3/t21-,23-/m1/s1. The molecule has 0 saturated heterocycles. The Morgan fingerprint density at radius 1 is 1.07 bits per heavy atom. The summed E-state index contributed by atoms with van der Waals surface area (Å²) in [6.07, 6.45) is 0.0270. The van der Waals surface area contributed by atoms with Gasteiger partial charge in [-0.05, 0) is 54.1 Å². The molecule has 0 bridgehead atoms. The van der Waals surface area contributed by atoms with Crippen molar-refractivity contribution in [1.82, 2.24) is 5.01 Å². The molecule has 0 aromatic heterocycles. The van der Waals surface area contributed by atoms with E-state index in [4.69, 9.17) is 26.2 Å². The van der Waals surface area contributed by atoms with Crippen LogP contribution in [0.25, 0.3) is 0 Å². The topological polar surface area (TPSA) is 34.1 Å². The smallest absolute Gasteiger partial charge is 0.216 e. The maximum absolute atomic E-state index is 14.6. The van der Waals surface area contributed by atoms with Gasteiger partial charge in [0.2, 0.25) is 6.23 Å². The monoisotopic (exact) mass is 408 g/mol. The van der Waals surface area contributed by atoms with Gasteiger partial charge in [0.05, 0.1) is 24.4 Å². The van der Waals surface area contributed by atoms with Crippen LogP contribution in [0.1, 0.15) is 35.4 Å². The summed E-state index contributed by atoms with van der Waals surface area (Å²) in [5, 5.41) is 7.32. The number of ether oxygens (including phenoxy) is 2. The van der Waals surface area contributed by atoms with E-state index in [2.05, 4.69) is 0 Å². The summed E-state index contributed by atoms with van der Waals surface area (Å²) in [5.74, 6) is 1.17. The Labute approximate surface area is 173 Å². The average molecular weight is 409 g/mol. The third-order valence-corrected chi connectivity index (χ3v) is 5.58. The summed E-state index contributed by atoms with van der Waals surface area (Å²) in [4.78, 5) is 0. The van der Waals surface area contributed by atoms with E-state index in [9.17, 15) is 4.39 Å². The van der Waals surface area contributed by atoms with Crippen LogP contribution in [0, 0.1) is 5.82 Å². The molecule has 29 heavy (non-hydrogen) atoms. The van der Waals surface area contributed by atoms with Crippen molar-refractivity contribution in [2.75, 3.05) is 7.11 Å². The number of halogens is 2. The fourth-order valence-electron chi connectivity index (χ4n) is 3.90. The normalized spacial score (nSPS) is 19.8. The number of nitrogens with zero attached hydrogens (tertiary/aromatic N) is 2. The molecule has 0 fully saturated rings. The zero-order chi connectivity index (χ0) is 20.0. The van der Waals surface area contributed by atoms with Crippen molar-refractivity contribution in [1.29, 1.82) is 0 Å². The Hall–Kier alpha value is -3.05. The highest BCUT2D eigenvalue weighted by molar-refractivity contribution is 6.30. The van der Waals surface area contributed by atoms with E-state index in [-0.39, 0.29) is 11.9 Å². The summed E-state index contributed by atoms with van der Waals surface area (Å²) in [6.45, 7) is 0. The predicted octanol–water partition coefficient (Wildman–Crippen LogP) is 5.73. The lowest BCUT2D eigenvalue weighted by atomic mass is 9.96. The lowest BCUT2D eigenvalue weighted by Gasteiger charge is -2.38. The molecule has 0 spiro atoms. The average Bonchev–Trinajstić information content (AvgIpc) is 3.20. The Bertz CT molecular complexity index is 1100. The molecule has 3 aromatic carbocycles. The summed E-state index contributed by atoms with van der Waals surface area (Å²) >= 11 is 6.25. The number of fused-ring (bicyclic) bond motifs is 3. The first kappa shape index (κ1) is 18.0. The number of benzene rings is 3. The van der Waals surface area contributed by atoms with Gasteiger partial charge in [0, 0.05) is 17.0 Å². The van der Waals surface area contributed by atoms with E-state index in [0.29, 0.717) is 22.8 Å². The fraction of sp³-hybridized carbons (Fsp3) is 0.174. The van der Waals surface area contributed by atoms with Crippen LogP contribution >= 0.6 is 11.6 Å². The molecule has 0 amide bonds. The van der Waals surface area contributed by atoms with Gasteiger partial charge in [-0.3, -0.25) is 0 Å². The number of rotatable bonds is 3. The van der Waals surface area contributed by atoms with Crippen LogP contribution in [0.4, 0.5) is 4.39 Å². The summed E-state index contributed by atoms with van der Waals surface area (Å²) in [5.41, 5.74) is 3.32. The van der Waals surface area contributed by atoms with Crippen molar-refractivity contribution >= 4 is 17.3 Å². The van der Waals surface area contributed by atoms with Gasteiger partial charge in [-0.25, -0.2) is 9.40 Å². The van der Waals surface area contributed by atoms with Gasteiger partial charge in [-0.1, -0.05) is 29.8 Å². The van der Waals surface area contributed by atoms with E-state index in [1.165, 1.54) is 6.07 Å². The van der Waals surface area contributed by atoms with Crippen LogP contribution < -0.4 is 9.47 Å². The first-order valence-electron chi connectivity index (χ1n) is 9.35. The van der Waals surface area contributed by atoms with E-state index in [0.717, 1.165) is 22.6 Å². The van der Waals surface area contributed by atoms with Gasteiger partial charge < -0.3 is 9.47 Å². The van der Waals surface area contributed by atoms with Crippen LogP contribution in [0.15, 0.2) is 71.8 Å². The minimum absolute atomic E-state index is 0.0841. The summed E-state index contributed by atoms with van der Waals surface area (Å²) in [7, 11) is 1.64. The van der Waals surface area contributed by atoms with Crippen LogP contribution in [0.5, 0.6) is 11.5 Å². The van der Waals surface area contributed by atoms with Gasteiger partial charge in [-0.15, -0.1) is 0 Å². The minimum atomic E-state index is -0.648. The SMILES string of the molecule is COc1ccc(C2=NN3[C@H](C2)c2cc(Cl)ccc2O[C@@H]3c2ccccc2F)cc1. The number of hydrazone groups is 1. The van der Waals surface area contributed by atoms with E-state index in [1.807, 2.05) is 41.4 Å². The Morgan fingerprint density at radius 2 is 1.86 bits per heavy atom. The van der Waals surface area contributed by atoms with Crippen molar-refractivity contribution in [2.45, 2.75) is 18.7 Å². The van der Waals surface area contributed by atoms with Gasteiger partial charge in [0.1, 0.15) is 17.3 Å². The van der Waals surface area contributed by atoms with Crippen LogP contribution in [0.2, 0.25) is 5.02 Å². The Balaban J connectivity index is 1.59. The maximum atomic E-state index is 14.6. The molecule has 0 N–H and O–H groups in total. The van der Waals surface area contributed by atoms with Crippen molar-refractivity contribution in [3.8, 4) is 11.5 Å². The molecule has 4 nitrogen and oxygen atoms in total. The molecular weight excluding hydrogens is 391 g/mol. The van der Waals surface area contributed by atoms with E-state index >= 15 is 0 Å². The number of methoxy groups -OCH3 is 1. The quantitative estimate of drug-likeness (QED) is 0.555. The zero-order valence-corrected chi connectivity index (χ0v) is 16.4. The number of hydrogen-bond acceptors (Lipinski definition) is 4. The highest BCUT2D eigenvalue weighted by Crippen LogP contribution is 2.48. The molecule has 5 rings (SSSR count). The predicted molar refractivity (Wildman–Crippen MR) is 110 cm³/mol. The molecule has 3 aromatic rings. The molecule has 2 heterocycles. The van der Waals surface area contributed by atoms with Crippen LogP contribution in [-0.2, 0) is 0 Å². The molecule has 2 aliphatic heterocycles. The summed E-state index contributed by atoms with van der Waals surface area (Å²) in [6, 6.07) is 19.9. The Kier molecular flexibility index (Phi) is 4.40. The van der Waals surface area contributed by atoms with Crippen molar-refractivity contribution in [3.63, 3.8) is 0 Å². The van der Waals surface area contributed by atoms with Gasteiger partial charge >= 0.3 is 0 Å². The molecule has 0 aliphatic carbocycles. The van der Waals surface area contributed by atoms with Gasteiger partial charge in [0.15, 0.2) is 0 Å². The lowest BCUT2D eigenvalue weighted by Crippen LogP contribution is -2.34. The second kappa shape index (κ2) is 7.08. The lowest BCUT2D eigenvalue weighted by molar-refractivity contribution is -0.0211. The molecule has 0 radical (unpaired) electrons. The van der Waals surface area contributed by atoms with Gasteiger partial charge in [-0.2, -0.15) is 5.10 Å². The van der Waals surface area contributed by atoms with Crippen molar-refractivity contribution in [2.24, 2.45) is 5.10 Å². The van der Waals surface area contributed by atoms with E-state index in [1.54, 1.807) is 31.4 Å². The largest absolute Gasteiger partial charge is 0.497 e. The molecule has 146 valence electrons. The molecule has 0 saturated carbocycles. The summed E-state index contributed by atoms with van der Waals surface area (Å²) < 4.78 is 26.0. The number of hydrogen-bond donors (Lipinski definition) is 0. The Morgan fingerprint density at radius 3 is 2.62 bits per heavy atom. The highest BCUT2D eigenvalue weighted by Gasteiger charge is 2.41. The van der Waals surface area contributed by atoms with Crippen molar-refractivity contribution in [3.05, 3.63) is 94.3 Å². The first-order chi connectivity index (χ1) is 14.1. The fourth-order valence-corrected chi connectivity index (χ4v) is 4.08. The van der Waals surface area contributed by atoms with Crippen molar-refractivity contribution < 1.29 is 13.9 Å². The van der Waals surface area contributed by atoms with E-state index < -0.39 is 6.23 Å². The van der Waals surface area contributed by atoms with Crippen LogP contribution in [-0.4, -0.2) is 17.8 Å². The van der Waals surface area contributed by atoms with Gasteiger partial charge in [0.25, 0.3) is 0 Å². The van der Waals surface area contributed by atoms with Crippen LogP contribution in [0.3, 0.4) is 0 Å². The molecule has 2 atom stereocenters. The molecule has 2 aliphatic rings. The second-order valence-electron chi connectivity index (χ2n) is 7.05. The third kappa shape index (κ3) is 3.12. The maximum Gasteiger partial charge on any atom is 0.216 e. The first-order valence-corrected chi connectivity index (χ1v) is 9.72.